The van der Waals surface area contributed by atoms with Gasteiger partial charge in [-0.1, -0.05) is 47.7 Å². The molecule has 1 aromatic heterocycles. The van der Waals surface area contributed by atoms with Crippen LogP contribution in [0.4, 0.5) is 5.69 Å². The number of alkyl halides is 1. The fourth-order valence-corrected chi connectivity index (χ4v) is 4.88. The summed E-state index contributed by atoms with van der Waals surface area (Å²) in [5, 5.41) is 11.7. The number of benzene rings is 1. The van der Waals surface area contributed by atoms with Crippen LogP contribution in [0.2, 0.25) is 0 Å². The van der Waals surface area contributed by atoms with E-state index in [1.807, 2.05) is 42.2 Å². The molecule has 0 aliphatic carbocycles. The molecule has 1 aliphatic rings. The Balaban J connectivity index is 1.76. The zero-order chi connectivity index (χ0) is 19.2. The number of para-hydroxylation sites is 1. The van der Waals surface area contributed by atoms with Gasteiger partial charge in [-0.05, 0) is 23.8 Å². The highest BCUT2D eigenvalue weighted by molar-refractivity contribution is 14.1. The molecule has 1 fully saturated rings. The van der Waals surface area contributed by atoms with E-state index in [1.165, 1.54) is 6.33 Å². The van der Waals surface area contributed by atoms with E-state index in [9.17, 15) is 4.79 Å². The van der Waals surface area contributed by atoms with Gasteiger partial charge in [-0.2, -0.15) is 4.80 Å². The average Bonchev–Trinajstić information content (AvgIpc) is 3.22. The molecular weight excluding hydrogens is 459 g/mol. The van der Waals surface area contributed by atoms with Gasteiger partial charge in [-0.25, -0.2) is 0 Å². The number of ether oxygens (including phenoxy) is 1. The molecule has 27 heavy (non-hydrogen) atoms. The number of piperidine rings is 1. The molecule has 2 aromatic rings. The van der Waals surface area contributed by atoms with Crippen molar-refractivity contribution < 1.29 is 9.53 Å². The first-order valence-electron chi connectivity index (χ1n) is 9.14. The van der Waals surface area contributed by atoms with Crippen molar-refractivity contribution in [2.45, 2.75) is 42.5 Å². The van der Waals surface area contributed by atoms with Gasteiger partial charge in [-0.3, -0.25) is 9.69 Å². The average molecular weight is 484 g/mol. The Morgan fingerprint density at radius 1 is 1.33 bits per heavy atom. The predicted molar refractivity (Wildman–Crippen MR) is 111 cm³/mol. The fraction of sp³-hybridized carbons (Fsp3) is 0.556. The molecule has 1 aliphatic heterocycles. The smallest absolute Gasteiger partial charge is 0.227 e. The summed E-state index contributed by atoms with van der Waals surface area (Å²) in [6.07, 6.45) is 2.68. The number of likely N-dealkylation sites (tertiary alicyclic amines) is 1. The quantitative estimate of drug-likeness (QED) is 0.340. The van der Waals surface area contributed by atoms with Gasteiger partial charge in [0, 0.05) is 32.3 Å². The molecule has 1 amide bonds. The highest BCUT2D eigenvalue weighted by Crippen LogP contribution is 2.32. The molecule has 0 N–H and O–H groups in total. The number of halogens is 1. The second kappa shape index (κ2) is 9.56. The zero-order valence-electron chi connectivity index (χ0n) is 15.6. The molecule has 3 rings (SSSR count). The van der Waals surface area contributed by atoms with Crippen LogP contribution >= 0.6 is 22.6 Å². The van der Waals surface area contributed by atoms with Crippen LogP contribution in [0.15, 0.2) is 36.7 Å². The van der Waals surface area contributed by atoms with E-state index >= 15 is 0 Å². The van der Waals surface area contributed by atoms with Crippen LogP contribution in [-0.4, -0.2) is 67.4 Å². The molecule has 0 bridgehead atoms. The largest absolute Gasteiger partial charge is 0.377 e. The minimum Gasteiger partial charge on any atom is -0.377 e. The number of carbonyl (C=O) groups excluding carboxylic acids is 1. The van der Waals surface area contributed by atoms with Gasteiger partial charge in [0.05, 0.1) is 16.6 Å². The number of aromatic nitrogens is 4. The van der Waals surface area contributed by atoms with Crippen LogP contribution in [0.5, 0.6) is 0 Å². The lowest BCUT2D eigenvalue weighted by atomic mass is 9.98. The number of carbonyl (C=O) groups is 1. The van der Waals surface area contributed by atoms with Gasteiger partial charge >= 0.3 is 0 Å². The van der Waals surface area contributed by atoms with Crippen LogP contribution in [0.25, 0.3) is 0 Å². The third-order valence-corrected chi connectivity index (χ3v) is 6.40. The molecule has 2 heterocycles. The van der Waals surface area contributed by atoms with Crippen molar-refractivity contribution >= 4 is 34.2 Å². The van der Waals surface area contributed by atoms with E-state index in [0.717, 1.165) is 25.2 Å². The van der Waals surface area contributed by atoms with E-state index in [4.69, 9.17) is 4.74 Å². The van der Waals surface area contributed by atoms with E-state index in [2.05, 4.69) is 42.9 Å². The predicted octanol–water partition coefficient (Wildman–Crippen LogP) is 1.97. The number of nitrogens with zero attached hydrogens (tertiary/aromatic N) is 6. The lowest BCUT2D eigenvalue weighted by molar-refractivity contribution is -0.120. The van der Waals surface area contributed by atoms with Crippen molar-refractivity contribution in [1.29, 1.82) is 0 Å². The molecule has 1 aromatic carbocycles. The third kappa shape index (κ3) is 4.64. The first kappa shape index (κ1) is 20.2. The number of hydrogen-bond donors (Lipinski definition) is 0. The summed E-state index contributed by atoms with van der Waals surface area (Å²) >= 11 is 2.42. The summed E-state index contributed by atoms with van der Waals surface area (Å²) in [6, 6.07) is 9.89. The standard InChI is InChI=1S/C18H25IN6O2/c1-3-16(26)25(14-7-5-4-6-8-14)15-9-10-23(18(19)17(15)27-2)11-12-24-21-13-20-22-24/h4-8,13,15,17-18H,3,9-12H2,1-2H3. The number of amides is 1. The Morgan fingerprint density at radius 2 is 2.11 bits per heavy atom. The van der Waals surface area contributed by atoms with Gasteiger partial charge in [0.1, 0.15) is 6.10 Å². The lowest BCUT2D eigenvalue weighted by Crippen LogP contribution is -2.60. The number of anilines is 1. The van der Waals surface area contributed by atoms with Crippen molar-refractivity contribution in [3.8, 4) is 0 Å². The molecule has 0 spiro atoms. The Bertz CT molecular complexity index is 714. The molecule has 8 nitrogen and oxygen atoms in total. The number of rotatable bonds is 7. The minimum atomic E-state index is -0.0845. The topological polar surface area (TPSA) is 76.4 Å². The lowest BCUT2D eigenvalue weighted by Gasteiger charge is -2.46. The van der Waals surface area contributed by atoms with Gasteiger partial charge in [0.15, 0.2) is 6.33 Å². The number of tetrazole rings is 1. The van der Waals surface area contributed by atoms with E-state index in [1.54, 1.807) is 11.9 Å². The summed E-state index contributed by atoms with van der Waals surface area (Å²) in [7, 11) is 1.73. The molecule has 0 saturated carbocycles. The van der Waals surface area contributed by atoms with Gasteiger partial charge in [-0.15, -0.1) is 10.2 Å². The van der Waals surface area contributed by atoms with Crippen molar-refractivity contribution in [3.05, 3.63) is 36.7 Å². The SMILES string of the molecule is CCC(=O)N(c1ccccc1)C1CCN(CCn2ncnn2)C(I)C1OC. The number of hydrogen-bond acceptors (Lipinski definition) is 6. The van der Waals surface area contributed by atoms with Crippen LogP contribution in [-0.2, 0) is 16.1 Å². The maximum Gasteiger partial charge on any atom is 0.227 e. The Kier molecular flexibility index (Phi) is 7.13. The first-order chi connectivity index (χ1) is 13.2. The van der Waals surface area contributed by atoms with Crippen LogP contribution < -0.4 is 4.90 Å². The molecule has 0 radical (unpaired) electrons. The zero-order valence-corrected chi connectivity index (χ0v) is 17.8. The fourth-order valence-electron chi connectivity index (χ4n) is 3.55. The van der Waals surface area contributed by atoms with E-state index < -0.39 is 0 Å². The van der Waals surface area contributed by atoms with E-state index in [0.29, 0.717) is 13.0 Å². The molecular formula is C18H25IN6O2. The summed E-state index contributed by atoms with van der Waals surface area (Å²) in [5.41, 5.74) is 0.931. The summed E-state index contributed by atoms with van der Waals surface area (Å²) in [6.45, 7) is 4.27. The first-order valence-corrected chi connectivity index (χ1v) is 10.4. The molecule has 146 valence electrons. The summed E-state index contributed by atoms with van der Waals surface area (Å²) in [5.74, 6) is 0.122. The normalized spacial score (nSPS) is 23.3. The Morgan fingerprint density at radius 3 is 2.74 bits per heavy atom. The summed E-state index contributed by atoms with van der Waals surface area (Å²) < 4.78 is 6.03. The van der Waals surface area contributed by atoms with Crippen LogP contribution in [0.3, 0.4) is 0 Å². The molecule has 9 heteroatoms. The maximum absolute atomic E-state index is 12.8. The van der Waals surface area contributed by atoms with E-state index in [-0.39, 0.29) is 22.1 Å². The van der Waals surface area contributed by atoms with Gasteiger partial charge in [0.2, 0.25) is 5.91 Å². The van der Waals surface area contributed by atoms with Crippen molar-refractivity contribution in [2.75, 3.05) is 25.1 Å². The third-order valence-electron chi connectivity index (χ3n) is 4.90. The molecule has 1 saturated heterocycles. The van der Waals surface area contributed by atoms with Gasteiger partial charge < -0.3 is 9.64 Å². The second-order valence-electron chi connectivity index (χ2n) is 6.45. The highest BCUT2D eigenvalue weighted by Gasteiger charge is 2.41. The molecule has 3 atom stereocenters. The highest BCUT2D eigenvalue weighted by atomic mass is 127. The Labute approximate surface area is 173 Å². The van der Waals surface area contributed by atoms with Gasteiger partial charge in [0.25, 0.3) is 0 Å². The second-order valence-corrected chi connectivity index (χ2v) is 7.73. The summed E-state index contributed by atoms with van der Waals surface area (Å²) in [4.78, 5) is 18.6. The Hall–Kier alpha value is -1.59. The van der Waals surface area contributed by atoms with Crippen LogP contribution in [0.1, 0.15) is 19.8 Å². The van der Waals surface area contributed by atoms with Crippen LogP contribution in [0, 0.1) is 0 Å². The van der Waals surface area contributed by atoms with Crippen molar-refractivity contribution in [1.82, 2.24) is 25.1 Å². The van der Waals surface area contributed by atoms with Crippen molar-refractivity contribution in [3.63, 3.8) is 0 Å². The maximum atomic E-state index is 12.8. The number of methoxy groups -OCH3 is 1. The van der Waals surface area contributed by atoms with Crippen molar-refractivity contribution in [2.24, 2.45) is 0 Å². The monoisotopic (exact) mass is 484 g/mol. The molecule has 3 unspecified atom stereocenters. The minimum absolute atomic E-state index is 0.00694.